The molecule has 3 N–H and O–H groups in total. The zero-order valence-corrected chi connectivity index (χ0v) is 11.7. The first-order valence-electron chi connectivity index (χ1n) is 6.93. The predicted octanol–water partition coefficient (Wildman–Crippen LogP) is 1.72. The van der Waals surface area contributed by atoms with Gasteiger partial charge in [0.15, 0.2) is 5.60 Å². The summed E-state index contributed by atoms with van der Waals surface area (Å²) in [6.07, 6.45) is 1.70. The smallest absolute Gasteiger partial charge is 0.336 e. The zero-order valence-electron chi connectivity index (χ0n) is 11.7. The second kappa shape index (κ2) is 6.24. The van der Waals surface area contributed by atoms with Crippen LogP contribution in [-0.2, 0) is 22.5 Å². The molecule has 110 valence electrons. The number of nitrogens with two attached hydrogens (primary N) is 1. The number of hydrogen-bond donors (Lipinski definition) is 2. The maximum atomic E-state index is 11.5. The predicted molar refractivity (Wildman–Crippen MR) is 74.8 cm³/mol. The number of carboxylic acids is 1. The number of carboxylic acid groups (broad SMARTS) is 1. The third-order valence-electron chi connectivity index (χ3n) is 3.63. The van der Waals surface area contributed by atoms with Gasteiger partial charge in [-0.05, 0) is 31.4 Å². The summed E-state index contributed by atoms with van der Waals surface area (Å²) in [5, 5.41) is 9.42. The van der Waals surface area contributed by atoms with Crippen LogP contribution in [0.2, 0.25) is 0 Å². The van der Waals surface area contributed by atoms with E-state index in [1.165, 1.54) is 0 Å². The largest absolute Gasteiger partial charge is 0.494 e. The van der Waals surface area contributed by atoms with Crippen molar-refractivity contribution in [2.45, 2.75) is 38.3 Å². The van der Waals surface area contributed by atoms with Gasteiger partial charge in [-0.25, -0.2) is 4.79 Å². The lowest BCUT2D eigenvalue weighted by atomic mass is 9.91. The van der Waals surface area contributed by atoms with Crippen molar-refractivity contribution < 1.29 is 19.4 Å². The van der Waals surface area contributed by atoms with Crippen LogP contribution in [0.25, 0.3) is 0 Å². The van der Waals surface area contributed by atoms with Crippen LogP contribution in [0.3, 0.4) is 0 Å². The SMILES string of the molecule is CCOc1ccc(CC2(C(=O)O)CCCO2)cc1CN. The van der Waals surface area contributed by atoms with Gasteiger partial charge >= 0.3 is 5.97 Å². The van der Waals surface area contributed by atoms with E-state index in [4.69, 9.17) is 15.2 Å². The lowest BCUT2D eigenvalue weighted by Gasteiger charge is -2.23. The topological polar surface area (TPSA) is 81.8 Å². The standard InChI is InChI=1S/C15H21NO4/c1-2-19-13-5-4-11(8-12(13)10-16)9-15(14(17)18)6-3-7-20-15/h4-5,8H,2-3,6-7,9-10,16H2,1H3,(H,17,18). The van der Waals surface area contributed by atoms with Gasteiger partial charge in [0.05, 0.1) is 6.61 Å². The summed E-state index contributed by atoms with van der Waals surface area (Å²) >= 11 is 0. The number of rotatable bonds is 6. The Balaban J connectivity index is 2.22. The molecule has 5 nitrogen and oxygen atoms in total. The van der Waals surface area contributed by atoms with Gasteiger partial charge in [0.25, 0.3) is 0 Å². The molecule has 0 aliphatic carbocycles. The zero-order chi connectivity index (χ0) is 14.6. The van der Waals surface area contributed by atoms with Crippen molar-refractivity contribution in [3.8, 4) is 5.75 Å². The molecule has 1 aromatic rings. The van der Waals surface area contributed by atoms with Crippen LogP contribution in [0.5, 0.6) is 5.75 Å². The molecule has 0 spiro atoms. The van der Waals surface area contributed by atoms with E-state index in [1.807, 2.05) is 25.1 Å². The minimum Gasteiger partial charge on any atom is -0.494 e. The lowest BCUT2D eigenvalue weighted by molar-refractivity contribution is -0.159. The molecule has 1 fully saturated rings. The Morgan fingerprint density at radius 3 is 2.90 bits per heavy atom. The molecule has 1 atom stereocenters. The molecule has 0 bridgehead atoms. The summed E-state index contributed by atoms with van der Waals surface area (Å²) in [6, 6.07) is 5.65. The number of carbonyl (C=O) groups is 1. The Kier molecular flexibility index (Phi) is 4.62. The van der Waals surface area contributed by atoms with Gasteiger partial charge in [-0.15, -0.1) is 0 Å². The lowest BCUT2D eigenvalue weighted by Crippen LogP contribution is -2.40. The molecule has 1 aliphatic heterocycles. The first-order chi connectivity index (χ1) is 9.61. The highest BCUT2D eigenvalue weighted by molar-refractivity contribution is 5.78. The van der Waals surface area contributed by atoms with E-state index in [1.54, 1.807) is 0 Å². The highest BCUT2D eigenvalue weighted by atomic mass is 16.5. The summed E-state index contributed by atoms with van der Waals surface area (Å²) in [5.74, 6) is -0.131. The Labute approximate surface area is 118 Å². The second-order valence-electron chi connectivity index (χ2n) is 5.01. The summed E-state index contributed by atoms with van der Waals surface area (Å²) < 4.78 is 11.0. The third-order valence-corrected chi connectivity index (χ3v) is 3.63. The fourth-order valence-corrected chi connectivity index (χ4v) is 2.61. The van der Waals surface area contributed by atoms with Gasteiger partial charge in [0.1, 0.15) is 5.75 Å². The van der Waals surface area contributed by atoms with Crippen LogP contribution < -0.4 is 10.5 Å². The molecular weight excluding hydrogens is 258 g/mol. The van der Waals surface area contributed by atoms with Gasteiger partial charge in [-0.2, -0.15) is 0 Å². The van der Waals surface area contributed by atoms with E-state index in [0.717, 1.165) is 23.3 Å². The highest BCUT2D eigenvalue weighted by Gasteiger charge is 2.42. The highest BCUT2D eigenvalue weighted by Crippen LogP contribution is 2.31. The molecule has 0 radical (unpaired) electrons. The molecule has 1 heterocycles. The molecule has 20 heavy (non-hydrogen) atoms. The fraction of sp³-hybridized carbons (Fsp3) is 0.533. The second-order valence-corrected chi connectivity index (χ2v) is 5.01. The van der Waals surface area contributed by atoms with Crippen molar-refractivity contribution in [2.75, 3.05) is 13.2 Å². The van der Waals surface area contributed by atoms with E-state index in [2.05, 4.69) is 0 Å². The summed E-state index contributed by atoms with van der Waals surface area (Å²) in [4.78, 5) is 11.5. The molecule has 1 unspecified atom stereocenters. The van der Waals surface area contributed by atoms with Crippen molar-refractivity contribution in [1.29, 1.82) is 0 Å². The first kappa shape index (κ1) is 14.8. The van der Waals surface area contributed by atoms with Crippen molar-refractivity contribution in [3.63, 3.8) is 0 Å². The molecule has 1 aromatic carbocycles. The third kappa shape index (κ3) is 2.94. The maximum Gasteiger partial charge on any atom is 0.336 e. The Bertz CT molecular complexity index is 481. The van der Waals surface area contributed by atoms with Gasteiger partial charge in [-0.1, -0.05) is 12.1 Å². The van der Waals surface area contributed by atoms with E-state index < -0.39 is 11.6 Å². The van der Waals surface area contributed by atoms with Crippen LogP contribution >= 0.6 is 0 Å². The molecule has 0 aromatic heterocycles. The summed E-state index contributed by atoms with van der Waals surface area (Å²) in [5.41, 5.74) is 6.45. The average Bonchev–Trinajstić information content (AvgIpc) is 2.90. The van der Waals surface area contributed by atoms with E-state index in [-0.39, 0.29) is 0 Å². The van der Waals surface area contributed by atoms with Crippen LogP contribution in [0.15, 0.2) is 18.2 Å². The van der Waals surface area contributed by atoms with Gasteiger partial charge in [-0.3, -0.25) is 0 Å². The molecule has 5 heteroatoms. The fourth-order valence-electron chi connectivity index (χ4n) is 2.61. The number of benzene rings is 1. The molecule has 1 saturated heterocycles. The maximum absolute atomic E-state index is 11.5. The summed E-state index contributed by atoms with van der Waals surface area (Å²) in [7, 11) is 0. The summed E-state index contributed by atoms with van der Waals surface area (Å²) in [6.45, 7) is 3.37. The number of ether oxygens (including phenoxy) is 2. The van der Waals surface area contributed by atoms with Crippen molar-refractivity contribution >= 4 is 5.97 Å². The number of hydrogen-bond acceptors (Lipinski definition) is 4. The van der Waals surface area contributed by atoms with Crippen LogP contribution in [0.4, 0.5) is 0 Å². The Morgan fingerprint density at radius 1 is 1.55 bits per heavy atom. The van der Waals surface area contributed by atoms with Crippen molar-refractivity contribution in [2.24, 2.45) is 5.73 Å². The van der Waals surface area contributed by atoms with E-state index >= 15 is 0 Å². The quantitative estimate of drug-likeness (QED) is 0.828. The van der Waals surface area contributed by atoms with Crippen molar-refractivity contribution in [1.82, 2.24) is 0 Å². The monoisotopic (exact) mass is 279 g/mol. The van der Waals surface area contributed by atoms with Gasteiger partial charge in [0, 0.05) is 25.1 Å². The number of aliphatic carboxylic acids is 1. The minimum absolute atomic E-state index is 0.363. The van der Waals surface area contributed by atoms with Gasteiger partial charge in [0.2, 0.25) is 0 Å². The Hall–Kier alpha value is -1.59. The van der Waals surface area contributed by atoms with E-state index in [0.29, 0.717) is 32.6 Å². The molecule has 2 rings (SSSR count). The molecule has 0 amide bonds. The Morgan fingerprint density at radius 2 is 2.35 bits per heavy atom. The minimum atomic E-state index is -1.08. The molecule has 1 aliphatic rings. The van der Waals surface area contributed by atoms with Crippen molar-refractivity contribution in [3.05, 3.63) is 29.3 Å². The molecule has 0 saturated carbocycles. The normalized spacial score (nSPS) is 21.9. The van der Waals surface area contributed by atoms with Crippen LogP contribution in [0.1, 0.15) is 30.9 Å². The van der Waals surface area contributed by atoms with Crippen LogP contribution in [-0.4, -0.2) is 29.9 Å². The van der Waals surface area contributed by atoms with E-state index in [9.17, 15) is 9.90 Å². The average molecular weight is 279 g/mol. The molecular formula is C15H21NO4. The first-order valence-corrected chi connectivity index (χ1v) is 6.93. The van der Waals surface area contributed by atoms with Crippen LogP contribution in [0, 0.1) is 0 Å². The van der Waals surface area contributed by atoms with Gasteiger partial charge < -0.3 is 20.3 Å².